The molecule has 2 aliphatic rings. The molecule has 0 aliphatic carbocycles. The molecule has 0 bridgehead atoms. The molecule has 0 saturated carbocycles. The second-order valence-electron chi connectivity index (χ2n) is 9.32. The lowest BCUT2D eigenvalue weighted by molar-refractivity contribution is -0.153. The number of nitrogens with one attached hydrogen (secondary N) is 2. The number of hydrogen-bond donors (Lipinski definition) is 6. The zero-order valence-corrected chi connectivity index (χ0v) is 21.6. The fraction of sp³-hybridized carbons (Fsp3) is 0.292. The molecule has 19 heteroatoms. The van der Waals surface area contributed by atoms with Crippen LogP contribution in [0.3, 0.4) is 0 Å². The average molecular weight is 612 g/mol. The standard InChI is InChI=1S/C24H21BF4N4O10/c26-3-4-32-5-6-33(22(38)21(32)37)24(41)31-17(14-11(28)8-12(34)18(35)16(14)29)20(36)30-13-7-9-1-2-10(27)15(23(39)40)19(9)43-25(13)42/h1-2,8,13,17,34-35,42H,3-7H2,(H,30,36)(H,31,41)(H,39,40)/t13-,17?/m0/s1. The molecule has 0 spiro atoms. The SMILES string of the molecule is O=C(O)c1c(F)ccc2c1OB(O)[C@@H](NC(=O)C(NC(=O)N1CCN(CCF)C(=O)C1=O)c1c(F)cc(O)c(O)c1F)C2. The fourth-order valence-corrected chi connectivity index (χ4v) is 4.55. The molecule has 0 radical (unpaired) electrons. The number of carboxylic acid groups (broad SMARTS) is 1. The molecule has 5 amide bonds. The van der Waals surface area contributed by atoms with Crippen LogP contribution in [0.2, 0.25) is 0 Å². The zero-order valence-electron chi connectivity index (χ0n) is 21.6. The number of carbonyl (C=O) groups excluding carboxylic acids is 4. The molecule has 0 aromatic heterocycles. The van der Waals surface area contributed by atoms with Gasteiger partial charge >= 0.3 is 30.9 Å². The fourth-order valence-electron chi connectivity index (χ4n) is 4.55. The number of halogens is 4. The van der Waals surface area contributed by atoms with Crippen molar-refractivity contribution in [3.8, 4) is 17.2 Å². The number of urea groups is 1. The number of aromatic hydroxyl groups is 2. The summed E-state index contributed by atoms with van der Waals surface area (Å²) in [5.74, 6) is -15.4. The van der Waals surface area contributed by atoms with Crippen molar-refractivity contribution in [1.82, 2.24) is 20.4 Å². The Morgan fingerprint density at radius 3 is 2.44 bits per heavy atom. The van der Waals surface area contributed by atoms with E-state index in [1.807, 2.05) is 5.32 Å². The van der Waals surface area contributed by atoms with E-state index in [0.29, 0.717) is 4.90 Å². The van der Waals surface area contributed by atoms with Gasteiger partial charge in [-0.25, -0.2) is 27.2 Å². The predicted octanol–water partition coefficient (Wildman–Crippen LogP) is -0.256. The summed E-state index contributed by atoms with van der Waals surface area (Å²) in [6, 6.07) is -1.81. The van der Waals surface area contributed by atoms with Crippen LogP contribution in [0.1, 0.15) is 27.5 Å². The van der Waals surface area contributed by atoms with Crippen molar-refractivity contribution in [2.75, 3.05) is 26.3 Å². The van der Waals surface area contributed by atoms with E-state index in [2.05, 4.69) is 5.32 Å². The quantitative estimate of drug-likeness (QED) is 0.105. The molecule has 4 rings (SSSR count). The van der Waals surface area contributed by atoms with Gasteiger partial charge in [-0.15, -0.1) is 0 Å². The Balaban J connectivity index is 1.64. The number of fused-ring (bicyclic) bond motifs is 1. The lowest BCUT2D eigenvalue weighted by atomic mass is 9.72. The summed E-state index contributed by atoms with van der Waals surface area (Å²) in [5.41, 5.74) is -2.22. The second kappa shape index (κ2) is 12.0. The number of hydrogen-bond acceptors (Lipinski definition) is 9. The van der Waals surface area contributed by atoms with Crippen LogP contribution in [0.4, 0.5) is 22.4 Å². The molecule has 2 aromatic rings. The van der Waals surface area contributed by atoms with Crippen LogP contribution in [-0.2, 0) is 20.8 Å². The van der Waals surface area contributed by atoms with Gasteiger partial charge < -0.3 is 40.5 Å². The van der Waals surface area contributed by atoms with Crippen LogP contribution in [0.25, 0.3) is 0 Å². The number of carboxylic acids is 1. The topological polar surface area (TPSA) is 206 Å². The summed E-state index contributed by atoms with van der Waals surface area (Å²) in [6.45, 7) is -2.22. The molecule has 6 N–H and O–H groups in total. The number of carbonyl (C=O) groups is 5. The van der Waals surface area contributed by atoms with E-state index in [9.17, 15) is 61.9 Å². The van der Waals surface area contributed by atoms with E-state index < -0.39 is 121 Å². The van der Waals surface area contributed by atoms with Crippen molar-refractivity contribution in [2.45, 2.75) is 18.4 Å². The van der Waals surface area contributed by atoms with Gasteiger partial charge in [-0.3, -0.25) is 19.3 Å². The normalized spacial score (nSPS) is 17.2. The largest absolute Gasteiger partial charge is 0.547 e. The number of rotatable bonds is 7. The molecule has 228 valence electrons. The number of imide groups is 1. The van der Waals surface area contributed by atoms with Gasteiger partial charge in [-0.2, -0.15) is 0 Å². The van der Waals surface area contributed by atoms with Crippen LogP contribution in [0.15, 0.2) is 18.2 Å². The predicted molar refractivity (Wildman–Crippen MR) is 133 cm³/mol. The van der Waals surface area contributed by atoms with E-state index in [0.717, 1.165) is 17.0 Å². The highest BCUT2D eigenvalue weighted by Gasteiger charge is 2.43. The minimum atomic E-state index is -2.43. The van der Waals surface area contributed by atoms with E-state index in [-0.39, 0.29) is 18.2 Å². The summed E-state index contributed by atoms with van der Waals surface area (Å²) in [6.07, 6.45) is -0.404. The van der Waals surface area contributed by atoms with E-state index in [1.54, 1.807) is 0 Å². The van der Waals surface area contributed by atoms with Crippen molar-refractivity contribution in [3.63, 3.8) is 0 Å². The van der Waals surface area contributed by atoms with Crippen LogP contribution in [0, 0.1) is 17.5 Å². The van der Waals surface area contributed by atoms with Gasteiger partial charge in [0.1, 0.15) is 35.7 Å². The summed E-state index contributed by atoms with van der Waals surface area (Å²) >= 11 is 0. The number of benzene rings is 2. The smallest absolute Gasteiger partial charge is 0.534 e. The van der Waals surface area contributed by atoms with Crippen LogP contribution >= 0.6 is 0 Å². The summed E-state index contributed by atoms with van der Waals surface area (Å²) in [7, 11) is -2.04. The number of phenols is 2. The highest BCUT2D eigenvalue weighted by Crippen LogP contribution is 2.36. The molecule has 2 aliphatic heterocycles. The highest BCUT2D eigenvalue weighted by molar-refractivity contribution is 6.47. The first-order chi connectivity index (χ1) is 20.3. The Labute approximate surface area is 238 Å². The third kappa shape index (κ3) is 5.83. The van der Waals surface area contributed by atoms with Gasteiger partial charge in [0.25, 0.3) is 0 Å². The maximum absolute atomic E-state index is 15.0. The van der Waals surface area contributed by atoms with Gasteiger partial charge in [-0.05, 0) is 18.1 Å². The molecule has 1 unspecified atom stereocenters. The number of aromatic carboxylic acids is 1. The molecule has 2 atom stereocenters. The third-order valence-electron chi connectivity index (χ3n) is 6.69. The minimum absolute atomic E-state index is 0.00452. The zero-order chi connectivity index (χ0) is 31.7. The van der Waals surface area contributed by atoms with Gasteiger partial charge in [0.05, 0.1) is 11.5 Å². The molecule has 14 nitrogen and oxygen atoms in total. The summed E-state index contributed by atoms with van der Waals surface area (Å²) in [4.78, 5) is 63.6. The Morgan fingerprint density at radius 2 is 1.79 bits per heavy atom. The van der Waals surface area contributed by atoms with E-state index >= 15 is 0 Å². The maximum atomic E-state index is 15.0. The van der Waals surface area contributed by atoms with Gasteiger partial charge in [0.2, 0.25) is 5.91 Å². The Bertz CT molecular complexity index is 1530. The van der Waals surface area contributed by atoms with Crippen molar-refractivity contribution in [1.29, 1.82) is 0 Å². The van der Waals surface area contributed by atoms with Crippen molar-refractivity contribution >= 4 is 36.8 Å². The molecular formula is C24H21BF4N4O10. The van der Waals surface area contributed by atoms with Gasteiger partial charge in [0.15, 0.2) is 17.3 Å². The average Bonchev–Trinajstić information content (AvgIpc) is 2.94. The van der Waals surface area contributed by atoms with Crippen molar-refractivity contribution < 1.29 is 66.5 Å². The molecule has 43 heavy (non-hydrogen) atoms. The maximum Gasteiger partial charge on any atom is 0.547 e. The molecule has 1 saturated heterocycles. The van der Waals surface area contributed by atoms with Gasteiger partial charge in [0, 0.05) is 25.7 Å². The first-order valence-corrected chi connectivity index (χ1v) is 12.3. The number of piperazine rings is 1. The Hall–Kier alpha value is -5.07. The first-order valence-electron chi connectivity index (χ1n) is 12.3. The highest BCUT2D eigenvalue weighted by atomic mass is 19.1. The van der Waals surface area contributed by atoms with E-state index in [4.69, 9.17) is 4.65 Å². The molecule has 2 aromatic carbocycles. The molecule has 1 fully saturated rings. The number of nitrogens with zero attached hydrogens (tertiary/aromatic N) is 2. The Morgan fingerprint density at radius 1 is 1.09 bits per heavy atom. The van der Waals surface area contributed by atoms with E-state index in [1.165, 1.54) is 0 Å². The lowest BCUT2D eigenvalue weighted by Crippen LogP contribution is -2.60. The van der Waals surface area contributed by atoms with Crippen LogP contribution < -0.4 is 15.3 Å². The Kier molecular flexibility index (Phi) is 8.65. The number of amides is 5. The first kappa shape index (κ1) is 30.9. The van der Waals surface area contributed by atoms with Crippen molar-refractivity contribution in [2.24, 2.45) is 0 Å². The molecular weight excluding hydrogens is 591 g/mol. The summed E-state index contributed by atoms with van der Waals surface area (Å²) < 4.78 is 61.7. The molecule has 2 heterocycles. The van der Waals surface area contributed by atoms with Crippen LogP contribution in [0.5, 0.6) is 17.2 Å². The number of alkyl halides is 1. The minimum Gasteiger partial charge on any atom is -0.534 e. The van der Waals surface area contributed by atoms with Crippen LogP contribution in [-0.4, -0.2) is 99.2 Å². The summed E-state index contributed by atoms with van der Waals surface area (Å²) in [5, 5.41) is 43.1. The monoisotopic (exact) mass is 612 g/mol. The van der Waals surface area contributed by atoms with Crippen molar-refractivity contribution in [3.05, 3.63) is 52.3 Å². The number of phenolic OH excluding ortho intramolecular Hbond substituents is 2. The second-order valence-corrected chi connectivity index (χ2v) is 9.32. The lowest BCUT2D eigenvalue weighted by Gasteiger charge is -2.33. The third-order valence-corrected chi connectivity index (χ3v) is 6.69. The van der Waals surface area contributed by atoms with Gasteiger partial charge in [-0.1, -0.05) is 6.07 Å².